The Hall–Kier alpha value is -2.99. The summed E-state index contributed by atoms with van der Waals surface area (Å²) in [6, 6.07) is 14.3. The molecule has 1 atom stereocenters. The summed E-state index contributed by atoms with van der Waals surface area (Å²) < 4.78 is 0. The van der Waals surface area contributed by atoms with Gasteiger partial charge in [-0.25, -0.2) is 0 Å². The van der Waals surface area contributed by atoms with E-state index in [1.54, 1.807) is 24.3 Å². The minimum absolute atomic E-state index is 0.299. The maximum atomic E-state index is 12.6. The molecule has 6 nitrogen and oxygen atoms in total. The van der Waals surface area contributed by atoms with Crippen LogP contribution >= 0.6 is 0 Å². The van der Waals surface area contributed by atoms with Crippen LogP contribution < -0.4 is 10.6 Å². The quantitative estimate of drug-likeness (QED) is 0.638. The average Bonchev–Trinajstić information content (AvgIpc) is 3.39. The zero-order valence-electron chi connectivity index (χ0n) is 17.9. The van der Waals surface area contributed by atoms with Crippen LogP contribution in [0, 0.1) is 11.8 Å². The molecule has 4 rings (SSSR count). The molecule has 2 aromatic rings. The zero-order valence-corrected chi connectivity index (χ0v) is 17.9. The van der Waals surface area contributed by atoms with Crippen LogP contribution in [-0.4, -0.2) is 35.7 Å². The van der Waals surface area contributed by atoms with Gasteiger partial charge < -0.3 is 10.6 Å². The van der Waals surface area contributed by atoms with E-state index in [-0.39, 0.29) is 12.5 Å². The van der Waals surface area contributed by atoms with E-state index in [1.165, 1.54) is 25.7 Å². The van der Waals surface area contributed by atoms with E-state index in [2.05, 4.69) is 17.6 Å². The molecule has 1 unspecified atom stereocenters. The van der Waals surface area contributed by atoms with Crippen LogP contribution in [0.1, 0.15) is 58.9 Å². The molecule has 3 amide bonds. The first-order valence-corrected chi connectivity index (χ1v) is 11.1. The Kier molecular flexibility index (Phi) is 6.47. The van der Waals surface area contributed by atoms with Gasteiger partial charge in [0.15, 0.2) is 0 Å². The Labute approximate surface area is 183 Å². The molecule has 2 N–H and O–H groups in total. The van der Waals surface area contributed by atoms with Crippen molar-refractivity contribution in [2.45, 2.75) is 39.2 Å². The van der Waals surface area contributed by atoms with E-state index in [1.807, 2.05) is 24.3 Å². The van der Waals surface area contributed by atoms with Gasteiger partial charge in [-0.15, -0.1) is 0 Å². The second-order valence-electron chi connectivity index (χ2n) is 8.60. The predicted octanol–water partition coefficient (Wildman–Crippen LogP) is 3.84. The average molecular weight is 420 g/mol. The summed E-state index contributed by atoms with van der Waals surface area (Å²) in [5, 5.41) is 6.39. The normalized spacial score (nSPS) is 17.1. The monoisotopic (exact) mass is 419 g/mol. The van der Waals surface area contributed by atoms with Crippen LogP contribution in [0.4, 0.5) is 5.69 Å². The molecule has 0 radical (unpaired) electrons. The third-order valence-corrected chi connectivity index (χ3v) is 6.46. The minimum atomic E-state index is -0.424. The van der Waals surface area contributed by atoms with Gasteiger partial charge in [-0.3, -0.25) is 19.3 Å². The van der Waals surface area contributed by atoms with E-state index in [4.69, 9.17) is 0 Å². The second kappa shape index (κ2) is 9.43. The number of nitrogens with zero attached hydrogens (tertiary/aromatic N) is 1. The SMILES string of the molecule is CC(CNCc1ccccc1NC(=O)CN1C(=O)c2ccccc2C1=O)C1CCCC1. The van der Waals surface area contributed by atoms with Gasteiger partial charge in [-0.05, 0) is 42.1 Å². The molecule has 2 aliphatic rings. The van der Waals surface area contributed by atoms with Gasteiger partial charge in [0, 0.05) is 12.2 Å². The number of anilines is 1. The fraction of sp³-hybridized carbons (Fsp3) is 0.400. The predicted molar refractivity (Wildman–Crippen MR) is 120 cm³/mol. The molecule has 6 heteroatoms. The highest BCUT2D eigenvalue weighted by Crippen LogP contribution is 2.31. The Morgan fingerprint density at radius 3 is 2.29 bits per heavy atom. The van der Waals surface area contributed by atoms with Crippen molar-refractivity contribution in [3.63, 3.8) is 0 Å². The van der Waals surface area contributed by atoms with Crippen LogP contribution in [0.25, 0.3) is 0 Å². The summed E-state index contributed by atoms with van der Waals surface area (Å²) in [5.41, 5.74) is 2.38. The summed E-state index contributed by atoms with van der Waals surface area (Å²) >= 11 is 0. The first kappa shape index (κ1) is 21.2. The Balaban J connectivity index is 1.34. The number of hydrogen-bond acceptors (Lipinski definition) is 4. The van der Waals surface area contributed by atoms with Crippen molar-refractivity contribution in [3.8, 4) is 0 Å². The summed E-state index contributed by atoms with van der Waals surface area (Å²) in [4.78, 5) is 38.6. The molecule has 31 heavy (non-hydrogen) atoms. The van der Waals surface area contributed by atoms with Crippen molar-refractivity contribution < 1.29 is 14.4 Å². The number of para-hydroxylation sites is 1. The fourth-order valence-electron chi connectivity index (χ4n) is 4.64. The largest absolute Gasteiger partial charge is 0.324 e. The summed E-state index contributed by atoms with van der Waals surface area (Å²) in [7, 11) is 0. The highest BCUT2D eigenvalue weighted by atomic mass is 16.2. The van der Waals surface area contributed by atoms with Crippen molar-refractivity contribution in [1.29, 1.82) is 0 Å². The Bertz CT molecular complexity index is 946. The second-order valence-corrected chi connectivity index (χ2v) is 8.60. The maximum absolute atomic E-state index is 12.6. The Morgan fingerprint density at radius 2 is 1.61 bits per heavy atom. The smallest absolute Gasteiger partial charge is 0.262 e. The standard InChI is InChI=1S/C25H29N3O3/c1-17(18-8-2-3-9-18)14-26-15-19-10-4-7-13-22(19)27-23(29)16-28-24(30)20-11-5-6-12-21(20)25(28)31/h4-7,10-13,17-18,26H,2-3,8-9,14-16H2,1H3,(H,27,29). The molecular weight excluding hydrogens is 390 g/mol. The third kappa shape index (κ3) is 4.69. The van der Waals surface area contributed by atoms with Gasteiger partial charge >= 0.3 is 0 Å². The summed E-state index contributed by atoms with van der Waals surface area (Å²) in [5.74, 6) is 0.208. The number of rotatable bonds is 8. The van der Waals surface area contributed by atoms with Crippen molar-refractivity contribution in [3.05, 3.63) is 65.2 Å². The first-order valence-electron chi connectivity index (χ1n) is 11.1. The molecule has 1 fully saturated rings. The number of imide groups is 1. The number of amides is 3. The first-order chi connectivity index (χ1) is 15.0. The van der Waals surface area contributed by atoms with Crippen molar-refractivity contribution in [2.75, 3.05) is 18.4 Å². The highest BCUT2D eigenvalue weighted by molar-refractivity contribution is 6.22. The van der Waals surface area contributed by atoms with Crippen LogP contribution in [0.2, 0.25) is 0 Å². The molecular formula is C25H29N3O3. The van der Waals surface area contributed by atoms with E-state index in [9.17, 15) is 14.4 Å². The molecule has 1 saturated carbocycles. The molecule has 0 aromatic heterocycles. The van der Waals surface area contributed by atoms with E-state index in [0.29, 0.717) is 29.3 Å². The molecule has 1 aliphatic heterocycles. The fourth-order valence-corrected chi connectivity index (χ4v) is 4.64. The lowest BCUT2D eigenvalue weighted by Gasteiger charge is -2.20. The molecule has 0 bridgehead atoms. The minimum Gasteiger partial charge on any atom is -0.324 e. The van der Waals surface area contributed by atoms with Gasteiger partial charge in [0.2, 0.25) is 5.91 Å². The van der Waals surface area contributed by atoms with Gasteiger partial charge in [0.1, 0.15) is 6.54 Å². The number of carbonyl (C=O) groups is 3. The number of hydrogen-bond donors (Lipinski definition) is 2. The number of fused-ring (bicyclic) bond motifs is 1. The lowest BCUT2D eigenvalue weighted by Crippen LogP contribution is -2.37. The van der Waals surface area contributed by atoms with E-state index >= 15 is 0 Å². The lowest BCUT2D eigenvalue weighted by atomic mass is 9.92. The number of nitrogens with one attached hydrogen (secondary N) is 2. The Morgan fingerprint density at radius 1 is 1.00 bits per heavy atom. The van der Waals surface area contributed by atoms with Gasteiger partial charge in [-0.1, -0.05) is 62.9 Å². The van der Waals surface area contributed by atoms with Crippen LogP contribution in [0.5, 0.6) is 0 Å². The molecule has 1 heterocycles. The van der Waals surface area contributed by atoms with Crippen LogP contribution in [0.15, 0.2) is 48.5 Å². The number of carbonyl (C=O) groups excluding carboxylic acids is 3. The van der Waals surface area contributed by atoms with Crippen LogP contribution in [-0.2, 0) is 11.3 Å². The molecule has 2 aromatic carbocycles. The molecule has 0 spiro atoms. The third-order valence-electron chi connectivity index (χ3n) is 6.46. The van der Waals surface area contributed by atoms with Crippen molar-refractivity contribution in [1.82, 2.24) is 10.2 Å². The van der Waals surface area contributed by atoms with Crippen LogP contribution in [0.3, 0.4) is 0 Å². The topological polar surface area (TPSA) is 78.5 Å². The summed E-state index contributed by atoms with van der Waals surface area (Å²) in [6.45, 7) is 3.61. The molecule has 1 aliphatic carbocycles. The van der Waals surface area contributed by atoms with E-state index in [0.717, 1.165) is 22.9 Å². The maximum Gasteiger partial charge on any atom is 0.262 e. The van der Waals surface area contributed by atoms with Gasteiger partial charge in [-0.2, -0.15) is 0 Å². The highest BCUT2D eigenvalue weighted by Gasteiger charge is 2.36. The van der Waals surface area contributed by atoms with Crippen molar-refractivity contribution >= 4 is 23.4 Å². The summed E-state index contributed by atoms with van der Waals surface area (Å²) in [6.07, 6.45) is 5.34. The van der Waals surface area contributed by atoms with Gasteiger partial charge in [0.25, 0.3) is 11.8 Å². The molecule has 0 saturated heterocycles. The zero-order chi connectivity index (χ0) is 21.8. The van der Waals surface area contributed by atoms with E-state index < -0.39 is 11.8 Å². The van der Waals surface area contributed by atoms with Crippen molar-refractivity contribution in [2.24, 2.45) is 11.8 Å². The van der Waals surface area contributed by atoms with Gasteiger partial charge in [0.05, 0.1) is 11.1 Å². The molecule has 162 valence electrons. The number of benzene rings is 2. The lowest BCUT2D eigenvalue weighted by molar-refractivity contribution is -0.116.